The summed E-state index contributed by atoms with van der Waals surface area (Å²) in [6.45, 7) is 13.7. The molecule has 1 unspecified atom stereocenters. The third-order valence-electron chi connectivity index (χ3n) is 2.81. The highest BCUT2D eigenvalue weighted by Crippen LogP contribution is 2.40. The topological polar surface area (TPSA) is 26.3 Å². The van der Waals surface area contributed by atoms with Gasteiger partial charge in [-0.25, -0.2) is 0 Å². The van der Waals surface area contributed by atoms with Crippen molar-refractivity contribution in [2.75, 3.05) is 6.61 Å². The number of hydrogen-bond donors (Lipinski definition) is 0. The van der Waals surface area contributed by atoms with Gasteiger partial charge in [0.2, 0.25) is 0 Å². The van der Waals surface area contributed by atoms with Gasteiger partial charge in [-0.2, -0.15) is 0 Å². The summed E-state index contributed by atoms with van der Waals surface area (Å²) in [7, 11) is 0. The Morgan fingerprint density at radius 1 is 1.33 bits per heavy atom. The first-order chi connectivity index (χ1) is 6.79. The minimum Gasteiger partial charge on any atom is -0.461 e. The third kappa shape index (κ3) is 3.22. The molecular formula is C13H22O2. The zero-order valence-corrected chi connectivity index (χ0v) is 10.5. The van der Waals surface area contributed by atoms with Gasteiger partial charge in [0.05, 0.1) is 5.41 Å². The summed E-state index contributed by atoms with van der Waals surface area (Å²) in [5.41, 5.74) is -0.761. The van der Waals surface area contributed by atoms with Gasteiger partial charge < -0.3 is 4.74 Å². The highest BCUT2D eigenvalue weighted by molar-refractivity contribution is 5.79. The molecule has 86 valence electrons. The molecule has 0 aromatic carbocycles. The lowest BCUT2D eigenvalue weighted by Crippen LogP contribution is -2.40. The molecule has 0 fully saturated rings. The fourth-order valence-corrected chi connectivity index (χ4v) is 1.24. The van der Waals surface area contributed by atoms with Crippen molar-refractivity contribution in [2.45, 2.75) is 34.6 Å². The summed E-state index contributed by atoms with van der Waals surface area (Å²) < 4.78 is 5.13. The average molecular weight is 210 g/mol. The van der Waals surface area contributed by atoms with E-state index in [4.69, 9.17) is 4.74 Å². The second-order valence-corrected chi connectivity index (χ2v) is 4.84. The van der Waals surface area contributed by atoms with Crippen LogP contribution in [0.3, 0.4) is 0 Å². The lowest BCUT2D eigenvalue weighted by Gasteiger charge is -2.37. The molecule has 0 aromatic rings. The molecule has 0 aromatic heterocycles. The Labute approximate surface area is 93.0 Å². The third-order valence-corrected chi connectivity index (χ3v) is 2.81. The van der Waals surface area contributed by atoms with Crippen molar-refractivity contribution >= 4 is 5.97 Å². The van der Waals surface area contributed by atoms with Crippen LogP contribution in [0.5, 0.6) is 0 Å². The number of allylic oxidation sites excluding steroid dienone is 1. The van der Waals surface area contributed by atoms with Crippen molar-refractivity contribution in [3.05, 3.63) is 24.8 Å². The second kappa shape index (κ2) is 5.15. The number of hydrogen-bond acceptors (Lipinski definition) is 2. The molecule has 0 aliphatic carbocycles. The van der Waals surface area contributed by atoms with Crippen molar-refractivity contribution < 1.29 is 9.53 Å². The van der Waals surface area contributed by atoms with Crippen LogP contribution in [0.4, 0.5) is 0 Å². The van der Waals surface area contributed by atoms with Gasteiger partial charge in [-0.15, -0.1) is 0 Å². The summed E-state index contributed by atoms with van der Waals surface area (Å²) in [6, 6.07) is 0. The predicted molar refractivity (Wildman–Crippen MR) is 63.5 cm³/mol. The molecule has 0 bridgehead atoms. The van der Waals surface area contributed by atoms with Crippen molar-refractivity contribution in [2.24, 2.45) is 10.8 Å². The minimum absolute atomic E-state index is 0.169. The van der Waals surface area contributed by atoms with Gasteiger partial charge in [-0.3, -0.25) is 4.79 Å². The van der Waals surface area contributed by atoms with E-state index in [1.54, 1.807) is 6.08 Å². The van der Waals surface area contributed by atoms with Gasteiger partial charge in [-0.1, -0.05) is 45.6 Å². The van der Waals surface area contributed by atoms with Gasteiger partial charge in [0.25, 0.3) is 0 Å². The van der Waals surface area contributed by atoms with Crippen molar-refractivity contribution in [1.82, 2.24) is 0 Å². The molecule has 15 heavy (non-hydrogen) atoms. The molecule has 0 N–H and O–H groups in total. The Balaban J connectivity index is 4.95. The van der Waals surface area contributed by atoms with Crippen LogP contribution >= 0.6 is 0 Å². The van der Waals surface area contributed by atoms with Gasteiger partial charge >= 0.3 is 5.97 Å². The Morgan fingerprint density at radius 3 is 2.20 bits per heavy atom. The van der Waals surface area contributed by atoms with Crippen molar-refractivity contribution in [1.29, 1.82) is 0 Å². The zero-order valence-electron chi connectivity index (χ0n) is 10.5. The smallest absolute Gasteiger partial charge is 0.316 e. The molecule has 0 radical (unpaired) electrons. The quantitative estimate of drug-likeness (QED) is 0.525. The zero-order chi connectivity index (χ0) is 12.1. The molecule has 0 rings (SSSR count). The SMILES string of the molecule is C=CCOC(=O)C(C)(/C=C/C)C(C)(C)C. The van der Waals surface area contributed by atoms with E-state index >= 15 is 0 Å². The molecule has 0 saturated heterocycles. The maximum Gasteiger partial charge on any atom is 0.316 e. The number of esters is 1. The number of carbonyl (C=O) groups excluding carboxylic acids is 1. The molecule has 0 amide bonds. The monoisotopic (exact) mass is 210 g/mol. The summed E-state index contributed by atoms with van der Waals surface area (Å²) in [6.07, 6.45) is 5.37. The number of ether oxygens (including phenoxy) is 1. The van der Waals surface area contributed by atoms with E-state index in [0.717, 1.165) is 0 Å². The maximum absolute atomic E-state index is 11.9. The fraction of sp³-hybridized carbons (Fsp3) is 0.615. The van der Waals surface area contributed by atoms with Gasteiger partial charge in [0, 0.05) is 0 Å². The highest BCUT2D eigenvalue weighted by Gasteiger charge is 2.43. The Morgan fingerprint density at radius 2 is 1.87 bits per heavy atom. The second-order valence-electron chi connectivity index (χ2n) is 4.84. The summed E-state index contributed by atoms with van der Waals surface area (Å²) in [5, 5.41) is 0. The normalized spacial score (nSPS) is 16.1. The van der Waals surface area contributed by atoms with E-state index in [2.05, 4.69) is 6.58 Å². The Bertz CT molecular complexity index is 258. The molecule has 2 heteroatoms. The minimum atomic E-state index is -0.592. The maximum atomic E-state index is 11.9. The number of rotatable bonds is 4. The molecule has 0 spiro atoms. The van der Waals surface area contributed by atoms with Crippen LogP contribution in [-0.2, 0) is 9.53 Å². The van der Waals surface area contributed by atoms with E-state index in [9.17, 15) is 4.79 Å². The first-order valence-electron chi connectivity index (χ1n) is 5.21. The Kier molecular flexibility index (Phi) is 4.79. The summed E-state index contributed by atoms with van der Waals surface area (Å²) in [5.74, 6) is -0.201. The molecule has 2 nitrogen and oxygen atoms in total. The van der Waals surface area contributed by atoms with Crippen LogP contribution in [0.15, 0.2) is 24.8 Å². The molecule has 0 aliphatic rings. The molecular weight excluding hydrogens is 188 g/mol. The molecule has 1 atom stereocenters. The van der Waals surface area contributed by atoms with Crippen molar-refractivity contribution in [3.63, 3.8) is 0 Å². The van der Waals surface area contributed by atoms with E-state index in [0.29, 0.717) is 0 Å². The first-order valence-corrected chi connectivity index (χ1v) is 5.21. The van der Waals surface area contributed by atoms with E-state index in [1.165, 1.54) is 0 Å². The molecule has 0 heterocycles. The van der Waals surface area contributed by atoms with Crippen LogP contribution < -0.4 is 0 Å². The lowest BCUT2D eigenvalue weighted by atomic mass is 9.67. The molecule has 0 aliphatic heterocycles. The largest absolute Gasteiger partial charge is 0.461 e. The number of carbonyl (C=O) groups is 1. The summed E-state index contributed by atoms with van der Waals surface area (Å²) in [4.78, 5) is 11.9. The van der Waals surface area contributed by atoms with E-state index in [1.807, 2.05) is 46.8 Å². The van der Waals surface area contributed by atoms with Crippen molar-refractivity contribution in [3.8, 4) is 0 Å². The average Bonchev–Trinajstić information content (AvgIpc) is 2.12. The molecule has 0 saturated carbocycles. The van der Waals surface area contributed by atoms with E-state index in [-0.39, 0.29) is 18.0 Å². The standard InChI is InChI=1S/C13H22O2/c1-7-9-13(6,12(3,4)5)11(14)15-10-8-2/h7-9H,2,10H2,1,3-6H3/b9-7+. The Hall–Kier alpha value is -1.05. The van der Waals surface area contributed by atoms with Crippen LogP contribution in [0.2, 0.25) is 0 Å². The van der Waals surface area contributed by atoms with Crippen LogP contribution in [0.1, 0.15) is 34.6 Å². The predicted octanol–water partition coefficient (Wildman–Crippen LogP) is 3.34. The summed E-state index contributed by atoms with van der Waals surface area (Å²) >= 11 is 0. The van der Waals surface area contributed by atoms with Crippen LogP contribution in [0.25, 0.3) is 0 Å². The lowest BCUT2D eigenvalue weighted by molar-refractivity contribution is -0.156. The van der Waals surface area contributed by atoms with Gasteiger partial charge in [0.1, 0.15) is 6.61 Å². The van der Waals surface area contributed by atoms with E-state index < -0.39 is 5.41 Å². The van der Waals surface area contributed by atoms with Gasteiger partial charge in [-0.05, 0) is 19.3 Å². The van der Waals surface area contributed by atoms with Crippen LogP contribution in [0, 0.1) is 10.8 Å². The fourth-order valence-electron chi connectivity index (χ4n) is 1.24. The highest BCUT2D eigenvalue weighted by atomic mass is 16.5. The van der Waals surface area contributed by atoms with Crippen LogP contribution in [-0.4, -0.2) is 12.6 Å². The first kappa shape index (κ1) is 13.9. The van der Waals surface area contributed by atoms with Gasteiger partial charge in [0.15, 0.2) is 0 Å².